The SMILES string of the molecule is Cc1ccc(N2C(=O)C(=Cc3cc(C)n(-c4ccc(Sc5ccc([N+](=O)[O-])cc5)cc4)c3C)C(=O)NC2=S)cc1. The van der Waals surface area contributed by atoms with Gasteiger partial charge in [-0.2, -0.15) is 0 Å². The molecular formula is C30H24N4O4S2. The number of hydrogen-bond acceptors (Lipinski definition) is 6. The molecule has 0 saturated carbocycles. The van der Waals surface area contributed by atoms with Crippen LogP contribution >= 0.6 is 24.0 Å². The maximum absolute atomic E-state index is 13.4. The predicted molar refractivity (Wildman–Crippen MR) is 160 cm³/mol. The van der Waals surface area contributed by atoms with E-state index in [9.17, 15) is 19.7 Å². The molecular weight excluding hydrogens is 544 g/mol. The van der Waals surface area contributed by atoms with Crippen LogP contribution in [0.4, 0.5) is 11.4 Å². The Hall–Kier alpha value is -4.54. The zero-order valence-electron chi connectivity index (χ0n) is 21.9. The van der Waals surface area contributed by atoms with E-state index in [4.69, 9.17) is 12.2 Å². The lowest BCUT2D eigenvalue weighted by molar-refractivity contribution is -0.384. The minimum Gasteiger partial charge on any atom is -0.318 e. The molecule has 0 aliphatic carbocycles. The van der Waals surface area contributed by atoms with Crippen molar-refractivity contribution in [2.75, 3.05) is 4.90 Å². The van der Waals surface area contributed by atoms with Gasteiger partial charge in [-0.15, -0.1) is 0 Å². The van der Waals surface area contributed by atoms with Crippen LogP contribution in [0.1, 0.15) is 22.5 Å². The third kappa shape index (κ3) is 5.31. The molecule has 200 valence electrons. The lowest BCUT2D eigenvalue weighted by Crippen LogP contribution is -2.54. The summed E-state index contributed by atoms with van der Waals surface area (Å²) in [6.07, 6.45) is 1.61. The quantitative estimate of drug-likeness (QED) is 0.0965. The molecule has 1 saturated heterocycles. The molecule has 40 heavy (non-hydrogen) atoms. The van der Waals surface area contributed by atoms with Gasteiger partial charge in [0, 0.05) is 39.0 Å². The summed E-state index contributed by atoms with van der Waals surface area (Å²) in [4.78, 5) is 39.9. The number of aryl methyl sites for hydroxylation is 2. The number of amides is 2. The first-order valence-electron chi connectivity index (χ1n) is 12.3. The molecule has 3 aromatic carbocycles. The van der Waals surface area contributed by atoms with E-state index in [1.165, 1.54) is 28.8 Å². The zero-order valence-corrected chi connectivity index (χ0v) is 23.5. The van der Waals surface area contributed by atoms with E-state index in [2.05, 4.69) is 9.88 Å². The smallest absolute Gasteiger partial charge is 0.270 e. The van der Waals surface area contributed by atoms with Crippen LogP contribution in [-0.4, -0.2) is 26.4 Å². The van der Waals surface area contributed by atoms with Crippen LogP contribution in [0.15, 0.2) is 94.2 Å². The zero-order chi connectivity index (χ0) is 28.6. The molecule has 0 spiro atoms. The number of nitrogens with one attached hydrogen (secondary N) is 1. The highest BCUT2D eigenvalue weighted by Gasteiger charge is 2.34. The third-order valence-corrected chi connectivity index (χ3v) is 7.84. The number of hydrogen-bond donors (Lipinski definition) is 1. The van der Waals surface area contributed by atoms with Crippen molar-refractivity contribution in [3.63, 3.8) is 0 Å². The number of thiocarbonyl (C=S) groups is 1. The molecule has 8 nitrogen and oxygen atoms in total. The molecule has 1 aromatic heterocycles. The fourth-order valence-corrected chi connectivity index (χ4v) is 5.61. The number of non-ortho nitro benzene ring substituents is 1. The van der Waals surface area contributed by atoms with Gasteiger partial charge in [-0.3, -0.25) is 29.9 Å². The predicted octanol–water partition coefficient (Wildman–Crippen LogP) is 6.29. The van der Waals surface area contributed by atoms with E-state index in [0.29, 0.717) is 5.69 Å². The van der Waals surface area contributed by atoms with Crippen LogP contribution in [-0.2, 0) is 9.59 Å². The van der Waals surface area contributed by atoms with Crippen LogP contribution in [0.25, 0.3) is 11.8 Å². The average Bonchev–Trinajstić information content (AvgIpc) is 3.20. The second-order valence-electron chi connectivity index (χ2n) is 9.30. The van der Waals surface area contributed by atoms with Gasteiger partial charge in [-0.1, -0.05) is 29.5 Å². The topological polar surface area (TPSA) is 97.5 Å². The van der Waals surface area contributed by atoms with Crippen LogP contribution in [0.5, 0.6) is 0 Å². The Bertz CT molecular complexity index is 1690. The number of aromatic nitrogens is 1. The van der Waals surface area contributed by atoms with Crippen molar-refractivity contribution in [3.8, 4) is 5.69 Å². The summed E-state index contributed by atoms with van der Waals surface area (Å²) in [5.74, 6) is -1.01. The molecule has 2 amide bonds. The van der Waals surface area contributed by atoms with Crippen LogP contribution in [0.3, 0.4) is 0 Å². The number of anilines is 1. The molecule has 0 bridgehead atoms. The number of carbonyl (C=O) groups excluding carboxylic acids is 2. The second-order valence-corrected chi connectivity index (χ2v) is 10.8. The molecule has 4 aromatic rings. The lowest BCUT2D eigenvalue weighted by atomic mass is 10.1. The van der Waals surface area contributed by atoms with Crippen molar-refractivity contribution in [2.24, 2.45) is 0 Å². The molecule has 10 heteroatoms. The minimum absolute atomic E-state index is 0.00395. The van der Waals surface area contributed by atoms with Crippen molar-refractivity contribution in [1.82, 2.24) is 9.88 Å². The van der Waals surface area contributed by atoms with Gasteiger partial charge in [-0.05, 0) is 99.2 Å². The number of carbonyl (C=O) groups is 2. The van der Waals surface area contributed by atoms with Crippen molar-refractivity contribution in [3.05, 3.63) is 117 Å². The first-order valence-corrected chi connectivity index (χ1v) is 13.5. The van der Waals surface area contributed by atoms with E-state index in [0.717, 1.165) is 38.0 Å². The van der Waals surface area contributed by atoms with Crippen LogP contribution in [0, 0.1) is 30.9 Å². The molecule has 0 radical (unpaired) electrons. The molecule has 1 aliphatic rings. The van der Waals surface area contributed by atoms with Gasteiger partial charge in [0.15, 0.2) is 5.11 Å². The molecule has 0 atom stereocenters. The highest BCUT2D eigenvalue weighted by Crippen LogP contribution is 2.31. The normalized spacial score (nSPS) is 14.5. The Morgan fingerprint density at radius 2 is 1.45 bits per heavy atom. The first-order chi connectivity index (χ1) is 19.1. The minimum atomic E-state index is -0.532. The highest BCUT2D eigenvalue weighted by molar-refractivity contribution is 7.99. The Morgan fingerprint density at radius 3 is 2.05 bits per heavy atom. The second kappa shape index (κ2) is 10.9. The maximum atomic E-state index is 13.4. The number of nitro benzene ring substituents is 1. The van der Waals surface area contributed by atoms with Gasteiger partial charge < -0.3 is 4.57 Å². The number of rotatable bonds is 6. The van der Waals surface area contributed by atoms with E-state index in [1.54, 1.807) is 30.3 Å². The largest absolute Gasteiger partial charge is 0.318 e. The first kappa shape index (κ1) is 27.0. The maximum Gasteiger partial charge on any atom is 0.270 e. The summed E-state index contributed by atoms with van der Waals surface area (Å²) < 4.78 is 2.06. The Kier molecular flexibility index (Phi) is 7.38. The van der Waals surface area contributed by atoms with Crippen molar-refractivity contribution >= 4 is 58.4 Å². The van der Waals surface area contributed by atoms with E-state index < -0.39 is 16.7 Å². The molecule has 1 fully saturated rings. The Labute approximate surface area is 240 Å². The lowest BCUT2D eigenvalue weighted by Gasteiger charge is -2.29. The Balaban J connectivity index is 1.41. The molecule has 0 unspecified atom stereocenters. The molecule has 1 aliphatic heterocycles. The summed E-state index contributed by atoms with van der Waals surface area (Å²) in [5, 5.41) is 13.6. The van der Waals surface area contributed by atoms with Gasteiger partial charge >= 0.3 is 0 Å². The summed E-state index contributed by atoms with van der Waals surface area (Å²) in [6.45, 7) is 5.85. The Morgan fingerprint density at radius 1 is 0.875 bits per heavy atom. The summed E-state index contributed by atoms with van der Waals surface area (Å²) in [7, 11) is 0. The van der Waals surface area contributed by atoms with E-state index in [-0.39, 0.29) is 16.4 Å². The molecule has 1 N–H and O–H groups in total. The number of benzene rings is 3. The fraction of sp³-hybridized carbons (Fsp3) is 0.100. The van der Waals surface area contributed by atoms with Crippen molar-refractivity contribution in [1.29, 1.82) is 0 Å². The van der Waals surface area contributed by atoms with Crippen LogP contribution < -0.4 is 10.2 Å². The molecule has 5 rings (SSSR count). The standard InChI is InChI=1S/C30H24N4O4S2/c1-18-4-6-23(7-5-18)33-29(36)27(28(35)31-30(33)39)17-21-16-19(2)32(20(21)3)22-8-12-25(13-9-22)40-26-14-10-24(11-15-26)34(37)38/h4-17H,1-3H3,(H,31,35,39). The van der Waals surface area contributed by atoms with Gasteiger partial charge in [0.1, 0.15) is 5.57 Å². The summed E-state index contributed by atoms with van der Waals surface area (Å²) in [5.41, 5.74) is 5.18. The number of nitrogens with zero attached hydrogens (tertiary/aromatic N) is 3. The number of nitro groups is 1. The average molecular weight is 569 g/mol. The van der Waals surface area contributed by atoms with Crippen molar-refractivity contribution < 1.29 is 14.5 Å². The van der Waals surface area contributed by atoms with Gasteiger partial charge in [-0.25, -0.2) is 0 Å². The van der Waals surface area contributed by atoms with E-state index >= 15 is 0 Å². The van der Waals surface area contributed by atoms with Gasteiger partial charge in [0.25, 0.3) is 17.5 Å². The third-order valence-electron chi connectivity index (χ3n) is 6.54. The van der Waals surface area contributed by atoms with Gasteiger partial charge in [0.2, 0.25) is 0 Å². The van der Waals surface area contributed by atoms with E-state index in [1.807, 2.05) is 63.2 Å². The highest BCUT2D eigenvalue weighted by atomic mass is 32.2. The fourth-order valence-electron chi connectivity index (χ4n) is 4.51. The summed E-state index contributed by atoms with van der Waals surface area (Å²) >= 11 is 6.82. The summed E-state index contributed by atoms with van der Waals surface area (Å²) in [6, 6.07) is 23.7. The van der Waals surface area contributed by atoms with Gasteiger partial charge in [0.05, 0.1) is 10.6 Å². The molecule has 2 heterocycles. The van der Waals surface area contributed by atoms with Crippen molar-refractivity contribution in [2.45, 2.75) is 30.6 Å². The van der Waals surface area contributed by atoms with Crippen LogP contribution in [0.2, 0.25) is 0 Å². The monoisotopic (exact) mass is 568 g/mol.